The summed E-state index contributed by atoms with van der Waals surface area (Å²) in [6.07, 6.45) is 0. The number of nitro groups is 1. The zero-order chi connectivity index (χ0) is 15.9. The van der Waals surface area contributed by atoms with Crippen LogP contribution in [0.4, 0.5) is 11.4 Å². The lowest BCUT2D eigenvalue weighted by atomic mass is 10.2. The average Bonchev–Trinajstić information content (AvgIpc) is 2.45. The van der Waals surface area contributed by atoms with Crippen molar-refractivity contribution in [3.8, 4) is 0 Å². The molecule has 0 fully saturated rings. The van der Waals surface area contributed by atoms with E-state index in [1.165, 1.54) is 6.92 Å². The zero-order valence-electron chi connectivity index (χ0n) is 11.2. The van der Waals surface area contributed by atoms with E-state index in [0.29, 0.717) is 0 Å². The van der Waals surface area contributed by atoms with Gasteiger partial charge in [-0.25, -0.2) is 8.42 Å². The van der Waals surface area contributed by atoms with Crippen LogP contribution in [0.1, 0.15) is 13.8 Å². The molecule has 0 saturated carbocycles. The highest BCUT2D eigenvalue weighted by Crippen LogP contribution is 2.38. The summed E-state index contributed by atoms with van der Waals surface area (Å²) < 4.78 is 26.1. The highest BCUT2D eigenvalue weighted by atomic mass is 35.5. The van der Waals surface area contributed by atoms with Crippen molar-refractivity contribution in [2.24, 2.45) is 0 Å². The number of hydrogen-bond acceptors (Lipinski definition) is 5. The predicted octanol–water partition coefficient (Wildman–Crippen LogP) is 1.60. The number of sulfonamides is 1. The van der Waals surface area contributed by atoms with Crippen LogP contribution in [0, 0.1) is 10.1 Å². The Morgan fingerprint density at radius 3 is 2.62 bits per heavy atom. The standard InChI is InChI=1S/C11H12ClN3O5S/c1-3-14-6(2)11(16)13-10-8(15(17)18)4-7(12)5-9(10)21(14,19)20/h4-6H,3H2,1-2H3,(H,13,16). The van der Waals surface area contributed by atoms with E-state index in [0.717, 1.165) is 16.4 Å². The van der Waals surface area contributed by atoms with Crippen LogP contribution < -0.4 is 5.32 Å². The van der Waals surface area contributed by atoms with Crippen molar-refractivity contribution in [3.05, 3.63) is 27.3 Å². The SMILES string of the molecule is CCN1C(C)C(=O)Nc2c([N+](=O)[O-])cc(Cl)cc2S1(=O)=O. The third kappa shape index (κ3) is 2.47. The Hall–Kier alpha value is -1.71. The number of anilines is 1. The Morgan fingerprint density at radius 2 is 2.10 bits per heavy atom. The summed E-state index contributed by atoms with van der Waals surface area (Å²) in [5.74, 6) is -0.635. The Morgan fingerprint density at radius 1 is 1.48 bits per heavy atom. The molecular weight excluding hydrogens is 322 g/mol. The molecule has 21 heavy (non-hydrogen) atoms. The number of carbonyl (C=O) groups is 1. The highest BCUT2D eigenvalue weighted by Gasteiger charge is 2.40. The molecule has 1 unspecified atom stereocenters. The number of amides is 1. The van der Waals surface area contributed by atoms with E-state index < -0.39 is 32.6 Å². The van der Waals surface area contributed by atoms with Gasteiger partial charge in [0.2, 0.25) is 15.9 Å². The van der Waals surface area contributed by atoms with Crippen LogP contribution in [-0.2, 0) is 14.8 Å². The van der Waals surface area contributed by atoms with Crippen LogP contribution in [0.2, 0.25) is 5.02 Å². The molecule has 1 aliphatic rings. The molecule has 1 atom stereocenters. The second kappa shape index (κ2) is 5.24. The second-order valence-electron chi connectivity index (χ2n) is 4.43. The molecule has 0 bridgehead atoms. The quantitative estimate of drug-likeness (QED) is 0.653. The van der Waals surface area contributed by atoms with Crippen molar-refractivity contribution in [1.82, 2.24) is 4.31 Å². The first-order chi connectivity index (χ1) is 9.70. The molecule has 1 aromatic rings. The van der Waals surface area contributed by atoms with Gasteiger partial charge in [-0.2, -0.15) is 4.31 Å². The first-order valence-electron chi connectivity index (χ1n) is 6.00. The average molecular weight is 334 g/mol. The van der Waals surface area contributed by atoms with Gasteiger partial charge in [-0.05, 0) is 13.0 Å². The van der Waals surface area contributed by atoms with E-state index in [1.54, 1.807) is 6.92 Å². The number of benzene rings is 1. The third-order valence-electron chi connectivity index (χ3n) is 3.20. The zero-order valence-corrected chi connectivity index (χ0v) is 12.7. The molecule has 8 nitrogen and oxygen atoms in total. The summed E-state index contributed by atoms with van der Waals surface area (Å²) in [4.78, 5) is 21.9. The van der Waals surface area contributed by atoms with Crippen molar-refractivity contribution in [1.29, 1.82) is 0 Å². The van der Waals surface area contributed by atoms with Crippen LogP contribution in [-0.4, -0.2) is 36.1 Å². The van der Waals surface area contributed by atoms with Crippen LogP contribution >= 0.6 is 11.6 Å². The van der Waals surface area contributed by atoms with Crippen molar-refractivity contribution in [3.63, 3.8) is 0 Å². The Kier molecular flexibility index (Phi) is 3.91. The monoisotopic (exact) mass is 333 g/mol. The van der Waals surface area contributed by atoms with Crippen molar-refractivity contribution < 1.29 is 18.1 Å². The molecule has 114 valence electrons. The molecule has 1 heterocycles. The van der Waals surface area contributed by atoms with Gasteiger partial charge in [0, 0.05) is 17.6 Å². The molecule has 1 amide bonds. The fourth-order valence-electron chi connectivity index (χ4n) is 2.18. The van der Waals surface area contributed by atoms with Crippen molar-refractivity contribution in [2.45, 2.75) is 24.8 Å². The molecule has 1 aromatic carbocycles. The summed E-state index contributed by atoms with van der Waals surface area (Å²) in [6, 6.07) is 1.12. The molecule has 0 saturated heterocycles. The van der Waals surface area contributed by atoms with Crippen LogP contribution in [0.5, 0.6) is 0 Å². The summed E-state index contributed by atoms with van der Waals surface area (Å²) in [5.41, 5.74) is -0.906. The van der Waals surface area contributed by atoms with Gasteiger partial charge in [0.15, 0.2) is 0 Å². The fraction of sp³-hybridized carbons (Fsp3) is 0.364. The first-order valence-corrected chi connectivity index (χ1v) is 7.82. The molecule has 0 aromatic heterocycles. The molecule has 2 rings (SSSR count). The predicted molar refractivity (Wildman–Crippen MR) is 75.8 cm³/mol. The van der Waals surface area contributed by atoms with Gasteiger partial charge in [-0.15, -0.1) is 0 Å². The van der Waals surface area contributed by atoms with Gasteiger partial charge in [-0.3, -0.25) is 14.9 Å². The van der Waals surface area contributed by atoms with Crippen LogP contribution in [0.15, 0.2) is 17.0 Å². The second-order valence-corrected chi connectivity index (χ2v) is 6.72. The van der Waals surface area contributed by atoms with E-state index in [4.69, 9.17) is 11.6 Å². The fourth-order valence-corrected chi connectivity index (χ4v) is 4.25. The normalized spacial score (nSPS) is 21.3. The van der Waals surface area contributed by atoms with Crippen molar-refractivity contribution in [2.75, 3.05) is 11.9 Å². The maximum atomic E-state index is 12.6. The summed E-state index contributed by atoms with van der Waals surface area (Å²) in [5, 5.41) is 13.3. The minimum atomic E-state index is -4.07. The smallest absolute Gasteiger partial charge is 0.295 e. The van der Waals surface area contributed by atoms with E-state index in [-0.39, 0.29) is 22.2 Å². The maximum Gasteiger partial charge on any atom is 0.295 e. The summed E-state index contributed by atoms with van der Waals surface area (Å²) in [7, 11) is -4.07. The lowest BCUT2D eigenvalue weighted by Gasteiger charge is -2.22. The summed E-state index contributed by atoms with van der Waals surface area (Å²) >= 11 is 5.77. The number of nitrogens with zero attached hydrogens (tertiary/aromatic N) is 2. The van der Waals surface area contributed by atoms with Gasteiger partial charge in [0.05, 0.1) is 4.92 Å². The number of nitro benzene ring substituents is 1. The van der Waals surface area contributed by atoms with Gasteiger partial charge >= 0.3 is 0 Å². The molecule has 1 N–H and O–H groups in total. The molecule has 0 aliphatic carbocycles. The van der Waals surface area contributed by atoms with E-state index in [9.17, 15) is 23.3 Å². The van der Waals surface area contributed by atoms with Gasteiger partial charge < -0.3 is 5.32 Å². The number of rotatable bonds is 2. The lowest BCUT2D eigenvalue weighted by molar-refractivity contribution is -0.384. The first kappa shape index (κ1) is 15.7. The maximum absolute atomic E-state index is 12.6. The molecule has 0 radical (unpaired) electrons. The number of nitrogens with one attached hydrogen (secondary N) is 1. The minimum absolute atomic E-state index is 0.0523. The summed E-state index contributed by atoms with van der Waals surface area (Å²) in [6.45, 7) is 3.04. The topological polar surface area (TPSA) is 110 Å². The highest BCUT2D eigenvalue weighted by molar-refractivity contribution is 7.89. The molecule has 1 aliphatic heterocycles. The van der Waals surface area contributed by atoms with Gasteiger partial charge in [0.1, 0.15) is 16.6 Å². The van der Waals surface area contributed by atoms with E-state index >= 15 is 0 Å². The van der Waals surface area contributed by atoms with E-state index in [1.807, 2.05) is 0 Å². The molecular formula is C11H12ClN3O5S. The number of fused-ring (bicyclic) bond motifs is 1. The van der Waals surface area contributed by atoms with Gasteiger partial charge in [0.25, 0.3) is 5.69 Å². The number of hydrogen-bond donors (Lipinski definition) is 1. The minimum Gasteiger partial charge on any atom is -0.318 e. The Balaban J connectivity index is 2.85. The molecule has 10 heteroatoms. The van der Waals surface area contributed by atoms with Gasteiger partial charge in [-0.1, -0.05) is 18.5 Å². The Bertz CT molecular complexity index is 734. The Labute approximate surface area is 125 Å². The van der Waals surface area contributed by atoms with Crippen LogP contribution in [0.3, 0.4) is 0 Å². The van der Waals surface area contributed by atoms with Crippen LogP contribution in [0.25, 0.3) is 0 Å². The number of halogens is 1. The lowest BCUT2D eigenvalue weighted by Crippen LogP contribution is -2.42. The number of carbonyl (C=O) groups excluding carboxylic acids is 1. The third-order valence-corrected chi connectivity index (χ3v) is 5.49. The van der Waals surface area contributed by atoms with Crippen molar-refractivity contribution >= 4 is 38.9 Å². The van der Waals surface area contributed by atoms with E-state index in [2.05, 4.69) is 5.32 Å². The molecule has 0 spiro atoms. The largest absolute Gasteiger partial charge is 0.318 e. The number of likely N-dealkylation sites (N-methyl/N-ethyl adjacent to an activating group) is 1.